The fraction of sp³-hybridized carbons (Fsp3) is 0.667. The van der Waals surface area contributed by atoms with E-state index in [2.05, 4.69) is 21.3 Å². The Bertz CT molecular complexity index is 783. The average Bonchev–Trinajstić information content (AvgIpc) is 3.18. The van der Waals surface area contributed by atoms with Crippen molar-refractivity contribution in [1.29, 1.82) is 10.8 Å². The second kappa shape index (κ2) is 5.78. The minimum Gasteiger partial charge on any atom is -0.361 e. The highest BCUT2D eigenvalue weighted by atomic mass is 16.5. The van der Waals surface area contributed by atoms with Crippen LogP contribution in [0.5, 0.6) is 0 Å². The molecule has 4 atom stereocenters. The molecule has 4 saturated heterocycles. The number of nitrogens with one attached hydrogen (secondary N) is 6. The van der Waals surface area contributed by atoms with Crippen molar-refractivity contribution < 1.29 is 24.6 Å². The van der Waals surface area contributed by atoms with Gasteiger partial charge in [-0.05, 0) is 0 Å². The first-order chi connectivity index (χ1) is 13.1. The fourth-order valence-electron chi connectivity index (χ4n) is 4.60. The molecule has 13 heteroatoms. The SMILES string of the molecule is CC(=O)N[C@H]1CN2C(=N)N[C@@H](CN3C(=O)CCC3=O)C3NC(=N)N[C@@]32C1(O)O. The number of rotatable bonds is 3. The van der Waals surface area contributed by atoms with Crippen molar-refractivity contribution >= 4 is 29.6 Å². The third kappa shape index (κ3) is 2.29. The van der Waals surface area contributed by atoms with Gasteiger partial charge in [-0.1, -0.05) is 0 Å². The fourth-order valence-corrected chi connectivity index (χ4v) is 4.60. The van der Waals surface area contributed by atoms with Gasteiger partial charge in [-0.25, -0.2) is 0 Å². The first-order valence-electron chi connectivity index (χ1n) is 8.89. The molecule has 28 heavy (non-hydrogen) atoms. The maximum Gasteiger partial charge on any atom is 0.231 e. The molecule has 152 valence electrons. The second-order valence-electron chi connectivity index (χ2n) is 7.48. The van der Waals surface area contributed by atoms with Crippen LogP contribution < -0.4 is 21.3 Å². The number of hydrogen-bond donors (Lipinski definition) is 8. The normalized spacial score (nSPS) is 35.9. The summed E-state index contributed by atoms with van der Waals surface area (Å²) in [6.07, 6.45) is 0.224. The molecular weight excluding hydrogens is 372 g/mol. The Hall–Kier alpha value is -2.93. The van der Waals surface area contributed by atoms with Gasteiger partial charge < -0.3 is 36.4 Å². The van der Waals surface area contributed by atoms with Crippen LogP contribution in [0.2, 0.25) is 0 Å². The summed E-state index contributed by atoms with van der Waals surface area (Å²) >= 11 is 0. The van der Waals surface area contributed by atoms with Crippen molar-refractivity contribution in [2.45, 2.75) is 49.3 Å². The second-order valence-corrected chi connectivity index (χ2v) is 7.48. The van der Waals surface area contributed by atoms with E-state index in [4.69, 9.17) is 10.8 Å². The van der Waals surface area contributed by atoms with Gasteiger partial charge in [0.25, 0.3) is 0 Å². The maximum atomic E-state index is 12.0. The lowest BCUT2D eigenvalue weighted by atomic mass is 9.84. The van der Waals surface area contributed by atoms with Gasteiger partial charge in [0.1, 0.15) is 6.04 Å². The summed E-state index contributed by atoms with van der Waals surface area (Å²) in [6, 6.07) is -2.78. The smallest absolute Gasteiger partial charge is 0.231 e. The molecule has 0 aromatic rings. The minimum absolute atomic E-state index is 0.0921. The molecule has 0 aromatic carbocycles. The van der Waals surface area contributed by atoms with Crippen LogP contribution in [0.4, 0.5) is 0 Å². The molecule has 0 aliphatic carbocycles. The summed E-state index contributed by atoms with van der Waals surface area (Å²) in [5.41, 5.74) is -1.74. The van der Waals surface area contributed by atoms with Gasteiger partial charge in [0.05, 0.1) is 18.6 Å². The predicted molar refractivity (Wildman–Crippen MR) is 92.6 cm³/mol. The number of aliphatic hydroxyl groups is 2. The molecule has 0 saturated carbocycles. The third-order valence-corrected chi connectivity index (χ3v) is 5.81. The zero-order chi connectivity index (χ0) is 20.4. The Balaban J connectivity index is 1.71. The largest absolute Gasteiger partial charge is 0.361 e. The van der Waals surface area contributed by atoms with Gasteiger partial charge in [0.15, 0.2) is 17.6 Å². The lowest BCUT2D eigenvalue weighted by Gasteiger charge is -2.51. The third-order valence-electron chi connectivity index (χ3n) is 5.81. The molecular formula is C15H22N8O5. The molecule has 0 radical (unpaired) electrons. The van der Waals surface area contributed by atoms with E-state index in [0.717, 1.165) is 4.90 Å². The number of hydrogen-bond acceptors (Lipinski definition) is 7. The van der Waals surface area contributed by atoms with Gasteiger partial charge in [-0.2, -0.15) is 0 Å². The summed E-state index contributed by atoms with van der Waals surface area (Å²) in [6.45, 7) is 1.05. The summed E-state index contributed by atoms with van der Waals surface area (Å²) in [4.78, 5) is 37.9. The Morgan fingerprint density at radius 3 is 2.50 bits per heavy atom. The highest BCUT2D eigenvalue weighted by molar-refractivity contribution is 6.02. The number of guanidine groups is 2. The molecule has 4 fully saturated rings. The van der Waals surface area contributed by atoms with E-state index in [-0.39, 0.29) is 49.7 Å². The molecule has 1 unspecified atom stereocenters. The van der Waals surface area contributed by atoms with E-state index >= 15 is 0 Å². The highest BCUT2D eigenvalue weighted by Crippen LogP contribution is 2.43. The van der Waals surface area contributed by atoms with Crippen molar-refractivity contribution in [2.24, 2.45) is 0 Å². The van der Waals surface area contributed by atoms with Gasteiger partial charge in [-0.3, -0.25) is 30.1 Å². The van der Waals surface area contributed by atoms with Crippen molar-refractivity contribution in [3.63, 3.8) is 0 Å². The van der Waals surface area contributed by atoms with Crippen LogP contribution in [0.3, 0.4) is 0 Å². The van der Waals surface area contributed by atoms with Crippen molar-refractivity contribution in [3.05, 3.63) is 0 Å². The van der Waals surface area contributed by atoms with Gasteiger partial charge in [0.2, 0.25) is 23.5 Å². The van der Waals surface area contributed by atoms with E-state index in [1.165, 1.54) is 11.8 Å². The number of carbonyl (C=O) groups excluding carboxylic acids is 3. The molecule has 4 heterocycles. The van der Waals surface area contributed by atoms with E-state index in [1.807, 2.05) is 0 Å². The summed E-state index contributed by atoms with van der Waals surface area (Å²) in [5.74, 6) is -4.08. The summed E-state index contributed by atoms with van der Waals surface area (Å²) in [5, 5.41) is 49.2. The Morgan fingerprint density at radius 1 is 1.25 bits per heavy atom. The lowest BCUT2D eigenvalue weighted by molar-refractivity contribution is -0.233. The number of nitrogens with zero attached hydrogens (tertiary/aromatic N) is 2. The van der Waals surface area contributed by atoms with Gasteiger partial charge in [0, 0.05) is 26.3 Å². The first kappa shape index (κ1) is 18.4. The molecule has 3 amide bonds. The van der Waals surface area contributed by atoms with Crippen LogP contribution in [-0.4, -0.2) is 92.3 Å². The van der Waals surface area contributed by atoms with Crippen molar-refractivity contribution in [2.75, 3.05) is 13.1 Å². The minimum atomic E-state index is -2.55. The van der Waals surface area contributed by atoms with E-state index in [0.29, 0.717) is 0 Å². The van der Waals surface area contributed by atoms with Crippen LogP contribution in [0.1, 0.15) is 19.8 Å². The van der Waals surface area contributed by atoms with Crippen molar-refractivity contribution in [1.82, 2.24) is 31.1 Å². The molecule has 0 aromatic heterocycles. The standard InChI is InChI=1S/C15H22N8O5/c1-6(24)18-8-5-23-13(17)19-7(4-22-9(25)2-3-10(22)26)11-14(23,15(8,27)28)21-12(16)20-11/h7-8,11,27-28H,2-5H2,1H3,(H2,17,19)(H,18,24)(H3,16,20,21)/t7-,8-,11?,14-/m0/s1. The maximum absolute atomic E-state index is 12.0. The molecule has 0 bridgehead atoms. The van der Waals surface area contributed by atoms with Gasteiger partial charge >= 0.3 is 0 Å². The Labute approximate surface area is 159 Å². The molecule has 1 spiro atoms. The number of likely N-dealkylation sites (tertiary alicyclic amines) is 1. The highest BCUT2D eigenvalue weighted by Gasteiger charge is 2.74. The van der Waals surface area contributed by atoms with E-state index < -0.39 is 35.5 Å². The molecule has 4 aliphatic rings. The summed E-state index contributed by atoms with van der Waals surface area (Å²) in [7, 11) is 0. The first-order valence-corrected chi connectivity index (χ1v) is 8.89. The topological polar surface area (TPSA) is 194 Å². The average molecular weight is 394 g/mol. The number of imide groups is 1. The van der Waals surface area contributed by atoms with Crippen LogP contribution in [0.25, 0.3) is 0 Å². The van der Waals surface area contributed by atoms with Crippen LogP contribution in [0.15, 0.2) is 0 Å². The molecule has 8 N–H and O–H groups in total. The van der Waals surface area contributed by atoms with Crippen LogP contribution in [-0.2, 0) is 14.4 Å². The van der Waals surface area contributed by atoms with Crippen LogP contribution in [0, 0.1) is 10.8 Å². The monoisotopic (exact) mass is 394 g/mol. The summed E-state index contributed by atoms with van der Waals surface area (Å²) < 4.78 is 0. The Morgan fingerprint density at radius 2 is 1.89 bits per heavy atom. The zero-order valence-electron chi connectivity index (χ0n) is 15.1. The molecule has 4 aliphatic heterocycles. The van der Waals surface area contributed by atoms with E-state index in [1.54, 1.807) is 0 Å². The van der Waals surface area contributed by atoms with Crippen molar-refractivity contribution in [3.8, 4) is 0 Å². The Kier molecular flexibility index (Phi) is 3.81. The number of carbonyl (C=O) groups is 3. The quantitative estimate of drug-likeness (QED) is 0.173. The number of amides is 3. The van der Waals surface area contributed by atoms with Gasteiger partial charge in [-0.15, -0.1) is 0 Å². The van der Waals surface area contributed by atoms with E-state index in [9.17, 15) is 24.6 Å². The lowest BCUT2D eigenvalue weighted by Crippen LogP contribution is -2.81. The predicted octanol–water partition coefficient (Wildman–Crippen LogP) is -4.26. The molecule has 13 nitrogen and oxygen atoms in total. The van der Waals surface area contributed by atoms with Crippen LogP contribution >= 0.6 is 0 Å². The molecule has 4 rings (SSSR count). The zero-order valence-corrected chi connectivity index (χ0v) is 15.1.